The van der Waals surface area contributed by atoms with Crippen molar-refractivity contribution in [3.8, 4) is 17.1 Å². The number of aromatic nitrogens is 4. The fourth-order valence-corrected chi connectivity index (χ4v) is 2.39. The molecular formula is C15H10N4O3. The van der Waals surface area contributed by atoms with Gasteiger partial charge in [0, 0.05) is 5.56 Å². The molecule has 0 unspecified atom stereocenters. The summed E-state index contributed by atoms with van der Waals surface area (Å²) in [5.41, 5.74) is 1.59. The van der Waals surface area contributed by atoms with Crippen LogP contribution in [0, 0.1) is 0 Å². The van der Waals surface area contributed by atoms with Crippen LogP contribution in [0.2, 0.25) is 0 Å². The Kier molecular flexibility index (Phi) is 2.65. The Hall–Kier alpha value is -3.22. The molecule has 4 aromatic rings. The molecule has 0 saturated carbocycles. The molecule has 0 fully saturated rings. The van der Waals surface area contributed by atoms with Gasteiger partial charge in [-0.1, -0.05) is 0 Å². The molecule has 2 aromatic carbocycles. The largest absolute Gasteiger partial charge is 0.497 e. The fraction of sp³-hybridized carbons (Fsp3) is 0.0667. The van der Waals surface area contributed by atoms with E-state index in [-0.39, 0.29) is 5.43 Å². The van der Waals surface area contributed by atoms with Crippen LogP contribution in [0.3, 0.4) is 0 Å². The lowest BCUT2D eigenvalue weighted by molar-refractivity contribution is 0.415. The van der Waals surface area contributed by atoms with Crippen molar-refractivity contribution in [3.63, 3.8) is 0 Å². The number of benzene rings is 2. The number of hydrogen-bond donors (Lipinski definition) is 1. The molecule has 4 rings (SSSR count). The molecule has 0 aliphatic heterocycles. The van der Waals surface area contributed by atoms with Crippen LogP contribution in [0.5, 0.6) is 5.75 Å². The van der Waals surface area contributed by atoms with Gasteiger partial charge in [0.05, 0.1) is 17.9 Å². The van der Waals surface area contributed by atoms with E-state index in [2.05, 4.69) is 20.6 Å². The van der Waals surface area contributed by atoms with Crippen LogP contribution in [0.15, 0.2) is 45.6 Å². The van der Waals surface area contributed by atoms with E-state index in [1.807, 2.05) is 0 Å². The van der Waals surface area contributed by atoms with Gasteiger partial charge in [-0.25, -0.2) is 0 Å². The van der Waals surface area contributed by atoms with E-state index >= 15 is 0 Å². The van der Waals surface area contributed by atoms with E-state index in [1.165, 1.54) is 0 Å². The molecule has 0 amide bonds. The maximum absolute atomic E-state index is 12.7. The SMILES string of the molecule is COc1ccc2oc3ccc(-c4nn[nH]n4)cc3c(=O)c2c1. The molecule has 7 nitrogen and oxygen atoms in total. The van der Waals surface area contributed by atoms with Crippen molar-refractivity contribution in [1.29, 1.82) is 0 Å². The molecule has 2 aromatic heterocycles. The maximum Gasteiger partial charge on any atom is 0.204 e. The molecule has 2 heterocycles. The van der Waals surface area contributed by atoms with E-state index in [1.54, 1.807) is 43.5 Å². The Bertz CT molecular complexity index is 1040. The second-order valence-electron chi connectivity index (χ2n) is 4.74. The van der Waals surface area contributed by atoms with Gasteiger partial charge >= 0.3 is 0 Å². The zero-order chi connectivity index (χ0) is 15.1. The first kappa shape index (κ1) is 12.5. The van der Waals surface area contributed by atoms with Crippen LogP contribution in [0.25, 0.3) is 33.3 Å². The van der Waals surface area contributed by atoms with E-state index in [0.29, 0.717) is 39.1 Å². The monoisotopic (exact) mass is 294 g/mol. The minimum atomic E-state index is -0.125. The highest BCUT2D eigenvalue weighted by Gasteiger charge is 2.11. The maximum atomic E-state index is 12.7. The Morgan fingerprint density at radius 2 is 1.86 bits per heavy atom. The average Bonchev–Trinajstić information content (AvgIpc) is 3.09. The number of methoxy groups -OCH3 is 1. The summed E-state index contributed by atoms with van der Waals surface area (Å²) in [7, 11) is 1.55. The third kappa shape index (κ3) is 1.83. The number of nitrogens with one attached hydrogen (secondary N) is 1. The summed E-state index contributed by atoms with van der Waals surface area (Å²) >= 11 is 0. The average molecular weight is 294 g/mol. The van der Waals surface area contributed by atoms with Crippen LogP contribution >= 0.6 is 0 Å². The zero-order valence-electron chi connectivity index (χ0n) is 11.5. The molecule has 7 heteroatoms. The van der Waals surface area contributed by atoms with Crippen LogP contribution in [-0.2, 0) is 0 Å². The summed E-state index contributed by atoms with van der Waals surface area (Å²) in [6, 6.07) is 10.4. The lowest BCUT2D eigenvalue weighted by Crippen LogP contribution is -2.02. The van der Waals surface area contributed by atoms with Crippen molar-refractivity contribution in [1.82, 2.24) is 20.6 Å². The summed E-state index contributed by atoms with van der Waals surface area (Å²) in [6.07, 6.45) is 0. The fourth-order valence-electron chi connectivity index (χ4n) is 2.39. The van der Waals surface area contributed by atoms with Gasteiger partial charge in [-0.3, -0.25) is 4.79 Å². The third-order valence-electron chi connectivity index (χ3n) is 3.48. The standard InChI is InChI=1S/C15H10N4O3/c1-21-9-3-5-13-11(7-9)14(20)10-6-8(2-4-12(10)22-13)15-16-18-19-17-15/h2-7H,1H3,(H,16,17,18,19). The van der Waals surface area contributed by atoms with Gasteiger partial charge in [0.15, 0.2) is 0 Å². The van der Waals surface area contributed by atoms with E-state index in [0.717, 1.165) is 0 Å². The number of nitrogens with zero attached hydrogens (tertiary/aromatic N) is 3. The Balaban J connectivity index is 2.05. The molecule has 0 bridgehead atoms. The van der Waals surface area contributed by atoms with E-state index in [4.69, 9.17) is 9.15 Å². The number of tetrazole rings is 1. The first-order valence-electron chi connectivity index (χ1n) is 6.55. The van der Waals surface area contributed by atoms with Gasteiger partial charge in [-0.05, 0) is 41.6 Å². The Labute approximate surface area is 123 Å². The quantitative estimate of drug-likeness (QED) is 0.569. The number of H-pyrrole nitrogens is 1. The van der Waals surface area contributed by atoms with Crippen molar-refractivity contribution < 1.29 is 9.15 Å². The van der Waals surface area contributed by atoms with Gasteiger partial charge in [-0.15, -0.1) is 10.2 Å². The van der Waals surface area contributed by atoms with E-state index in [9.17, 15) is 4.79 Å². The highest BCUT2D eigenvalue weighted by molar-refractivity contribution is 5.92. The molecule has 0 aliphatic carbocycles. The molecule has 0 spiro atoms. The summed E-state index contributed by atoms with van der Waals surface area (Å²) in [5.74, 6) is 1.03. The predicted molar refractivity (Wildman–Crippen MR) is 79.7 cm³/mol. The van der Waals surface area contributed by atoms with Gasteiger partial charge in [0.25, 0.3) is 0 Å². The lowest BCUT2D eigenvalue weighted by Gasteiger charge is -2.04. The van der Waals surface area contributed by atoms with Gasteiger partial charge in [0.2, 0.25) is 11.3 Å². The number of aromatic amines is 1. The highest BCUT2D eigenvalue weighted by atomic mass is 16.5. The molecule has 0 atom stereocenters. The predicted octanol–water partition coefficient (Wildman–Crippen LogP) is 2.13. The molecule has 108 valence electrons. The number of hydrogen-bond acceptors (Lipinski definition) is 6. The minimum absolute atomic E-state index is 0.125. The molecule has 0 radical (unpaired) electrons. The highest BCUT2D eigenvalue weighted by Crippen LogP contribution is 2.25. The van der Waals surface area contributed by atoms with Gasteiger partial charge in [-0.2, -0.15) is 5.21 Å². The minimum Gasteiger partial charge on any atom is -0.497 e. The van der Waals surface area contributed by atoms with Crippen molar-refractivity contribution in [2.24, 2.45) is 0 Å². The van der Waals surface area contributed by atoms with Crippen molar-refractivity contribution in [2.75, 3.05) is 7.11 Å². The Morgan fingerprint density at radius 1 is 1.09 bits per heavy atom. The van der Waals surface area contributed by atoms with Crippen LogP contribution in [0.4, 0.5) is 0 Å². The molecule has 1 N–H and O–H groups in total. The number of ether oxygens (including phenoxy) is 1. The van der Waals surface area contributed by atoms with Gasteiger partial charge in [0.1, 0.15) is 16.9 Å². The molecule has 0 aliphatic rings. The smallest absolute Gasteiger partial charge is 0.204 e. The number of rotatable bonds is 2. The third-order valence-corrected chi connectivity index (χ3v) is 3.48. The first-order valence-corrected chi connectivity index (χ1v) is 6.55. The second kappa shape index (κ2) is 4.66. The molecule has 22 heavy (non-hydrogen) atoms. The van der Waals surface area contributed by atoms with E-state index < -0.39 is 0 Å². The van der Waals surface area contributed by atoms with Crippen LogP contribution in [-0.4, -0.2) is 27.7 Å². The summed E-state index contributed by atoms with van der Waals surface area (Å²) in [6.45, 7) is 0. The summed E-state index contributed by atoms with van der Waals surface area (Å²) in [5, 5.41) is 14.7. The van der Waals surface area contributed by atoms with Gasteiger partial charge < -0.3 is 9.15 Å². The van der Waals surface area contributed by atoms with Crippen LogP contribution in [0.1, 0.15) is 0 Å². The molecular weight excluding hydrogens is 284 g/mol. The van der Waals surface area contributed by atoms with Crippen molar-refractivity contribution in [2.45, 2.75) is 0 Å². The van der Waals surface area contributed by atoms with Crippen LogP contribution < -0.4 is 10.2 Å². The second-order valence-corrected chi connectivity index (χ2v) is 4.74. The zero-order valence-corrected chi connectivity index (χ0v) is 11.5. The number of fused-ring (bicyclic) bond motifs is 2. The summed E-state index contributed by atoms with van der Waals surface area (Å²) in [4.78, 5) is 12.7. The first-order chi connectivity index (χ1) is 10.8. The topological polar surface area (TPSA) is 93.9 Å². The summed E-state index contributed by atoms with van der Waals surface area (Å²) < 4.78 is 10.9. The lowest BCUT2D eigenvalue weighted by atomic mass is 10.1. The van der Waals surface area contributed by atoms with Crippen molar-refractivity contribution in [3.05, 3.63) is 46.6 Å². The molecule has 0 saturated heterocycles. The van der Waals surface area contributed by atoms with Crippen molar-refractivity contribution >= 4 is 21.9 Å². The normalized spacial score (nSPS) is 11.1. The Morgan fingerprint density at radius 3 is 2.59 bits per heavy atom.